The van der Waals surface area contributed by atoms with Crippen LogP contribution in [-0.2, 0) is 24.1 Å². The van der Waals surface area contributed by atoms with Gasteiger partial charge in [-0.05, 0) is 31.9 Å². The maximum absolute atomic E-state index is 11.8. The van der Waals surface area contributed by atoms with Gasteiger partial charge in [0.05, 0.1) is 11.5 Å². The Kier molecular flexibility index (Phi) is 6.16. The van der Waals surface area contributed by atoms with Crippen molar-refractivity contribution < 1.29 is 21.0 Å². The van der Waals surface area contributed by atoms with Crippen LogP contribution in [-0.4, -0.2) is 35.5 Å². The summed E-state index contributed by atoms with van der Waals surface area (Å²) in [5.74, 6) is 0.123. The molecule has 0 amide bonds. The van der Waals surface area contributed by atoms with Crippen molar-refractivity contribution in [2.75, 3.05) is 18.6 Å². The molecule has 1 aromatic rings. The number of sulfone groups is 1. The van der Waals surface area contributed by atoms with Crippen LogP contribution in [0.3, 0.4) is 0 Å². The Bertz CT molecular complexity index is 615. The van der Waals surface area contributed by atoms with Gasteiger partial charge in [-0.25, -0.2) is 8.42 Å². The second-order valence-electron chi connectivity index (χ2n) is 4.78. The molecule has 0 spiro atoms. The highest BCUT2D eigenvalue weighted by atomic mass is 32.2. The molecule has 0 N–H and O–H groups in total. The van der Waals surface area contributed by atoms with E-state index in [9.17, 15) is 16.8 Å². The third-order valence-corrected chi connectivity index (χ3v) is 5.06. The van der Waals surface area contributed by atoms with E-state index < -0.39 is 20.0 Å². The predicted molar refractivity (Wildman–Crippen MR) is 77.9 cm³/mol. The largest absolute Gasteiger partial charge is 0.296 e. The van der Waals surface area contributed by atoms with Gasteiger partial charge in [-0.1, -0.05) is 24.1 Å². The lowest BCUT2D eigenvalue weighted by atomic mass is 10.2. The topological polar surface area (TPSA) is 77.5 Å². The lowest BCUT2D eigenvalue weighted by molar-refractivity contribution is 0.308. The molecule has 0 saturated carbocycles. The molecule has 1 rings (SSSR count). The minimum absolute atomic E-state index is 0.0694. The van der Waals surface area contributed by atoms with Gasteiger partial charge in [0.25, 0.3) is 10.1 Å². The fourth-order valence-electron chi connectivity index (χ4n) is 1.58. The van der Waals surface area contributed by atoms with Crippen molar-refractivity contribution >= 4 is 20.0 Å². The van der Waals surface area contributed by atoms with Crippen molar-refractivity contribution in [1.82, 2.24) is 0 Å². The lowest BCUT2D eigenvalue weighted by Crippen LogP contribution is -2.08. The number of hydrogen-bond donors (Lipinski definition) is 0. The van der Waals surface area contributed by atoms with E-state index in [0.29, 0.717) is 19.3 Å². The van der Waals surface area contributed by atoms with Crippen LogP contribution < -0.4 is 0 Å². The Labute approximate surface area is 121 Å². The molecule has 0 aliphatic heterocycles. The Hall–Kier alpha value is -0.920. The molecule has 0 saturated heterocycles. The van der Waals surface area contributed by atoms with Crippen LogP contribution in [0.1, 0.15) is 24.8 Å². The van der Waals surface area contributed by atoms with E-state index in [-0.39, 0.29) is 17.3 Å². The molecule has 7 heteroatoms. The Morgan fingerprint density at radius 1 is 0.950 bits per heavy atom. The van der Waals surface area contributed by atoms with Crippen LogP contribution in [0.4, 0.5) is 0 Å². The van der Waals surface area contributed by atoms with Crippen LogP contribution in [0, 0.1) is 6.92 Å². The van der Waals surface area contributed by atoms with Gasteiger partial charge in [0.1, 0.15) is 9.84 Å². The second kappa shape index (κ2) is 7.19. The molecule has 5 nitrogen and oxygen atoms in total. The summed E-state index contributed by atoms with van der Waals surface area (Å²) < 4.78 is 50.4. The molecular formula is C13H20O5S2. The average molecular weight is 320 g/mol. The highest BCUT2D eigenvalue weighted by Gasteiger charge is 2.14. The van der Waals surface area contributed by atoms with E-state index >= 15 is 0 Å². The third-order valence-electron chi connectivity index (χ3n) is 2.71. The van der Waals surface area contributed by atoms with Gasteiger partial charge < -0.3 is 0 Å². The number of rotatable bonds is 8. The van der Waals surface area contributed by atoms with Gasteiger partial charge in [-0.2, -0.15) is 8.42 Å². The summed E-state index contributed by atoms with van der Waals surface area (Å²) in [6, 6.07) is 6.44. The van der Waals surface area contributed by atoms with E-state index in [0.717, 1.165) is 5.56 Å². The molecule has 0 aliphatic carbocycles. The highest BCUT2D eigenvalue weighted by molar-refractivity contribution is 7.90. The van der Waals surface area contributed by atoms with E-state index in [4.69, 9.17) is 4.18 Å². The zero-order valence-corrected chi connectivity index (χ0v) is 13.3. The molecule has 0 bridgehead atoms. The van der Waals surface area contributed by atoms with E-state index in [1.807, 2.05) is 6.92 Å². The normalized spacial score (nSPS) is 12.5. The zero-order valence-electron chi connectivity index (χ0n) is 11.7. The van der Waals surface area contributed by atoms with Crippen LogP contribution in [0.2, 0.25) is 0 Å². The minimum Gasteiger partial charge on any atom is -0.266 e. The molecule has 0 heterocycles. The third kappa shape index (κ3) is 6.49. The zero-order chi connectivity index (χ0) is 15.2. The standard InChI is InChI=1S/C13H20O5S2/c1-12-6-8-13(9-7-12)20(16,17)18-10-4-3-5-11-19(2,14)15/h6-9H,3-5,10-11H2,1-2H3. The first-order valence-electron chi connectivity index (χ1n) is 6.34. The molecule has 0 aliphatic rings. The molecule has 0 aromatic heterocycles. The van der Waals surface area contributed by atoms with Crippen molar-refractivity contribution in [2.24, 2.45) is 0 Å². The van der Waals surface area contributed by atoms with Gasteiger partial charge in [0.2, 0.25) is 0 Å². The first-order valence-corrected chi connectivity index (χ1v) is 9.81. The first-order chi connectivity index (χ1) is 9.21. The summed E-state index contributed by atoms with van der Waals surface area (Å²) >= 11 is 0. The summed E-state index contributed by atoms with van der Waals surface area (Å²) in [6.45, 7) is 1.94. The summed E-state index contributed by atoms with van der Waals surface area (Å²) in [5.41, 5.74) is 0.977. The molecule has 0 atom stereocenters. The molecule has 1 aromatic carbocycles. The maximum Gasteiger partial charge on any atom is 0.296 e. The summed E-state index contributed by atoms with van der Waals surface area (Å²) in [6.07, 6.45) is 2.84. The number of unbranched alkanes of at least 4 members (excludes halogenated alkanes) is 2. The minimum atomic E-state index is -3.71. The van der Waals surface area contributed by atoms with Crippen molar-refractivity contribution in [3.63, 3.8) is 0 Å². The van der Waals surface area contributed by atoms with Gasteiger partial charge in [-0.15, -0.1) is 0 Å². The molecule has 0 unspecified atom stereocenters. The van der Waals surface area contributed by atoms with Gasteiger partial charge in [0.15, 0.2) is 0 Å². The fraction of sp³-hybridized carbons (Fsp3) is 0.538. The predicted octanol–water partition coefficient (Wildman–Crippen LogP) is 1.92. The monoisotopic (exact) mass is 320 g/mol. The first kappa shape index (κ1) is 17.1. The van der Waals surface area contributed by atoms with E-state index in [1.165, 1.54) is 18.4 Å². The molecule has 0 radical (unpaired) electrons. The highest BCUT2D eigenvalue weighted by Crippen LogP contribution is 2.13. The SMILES string of the molecule is Cc1ccc(S(=O)(=O)OCCCCCS(C)(=O)=O)cc1. The van der Waals surface area contributed by atoms with Gasteiger partial charge in [0, 0.05) is 12.0 Å². The second-order valence-corrected chi connectivity index (χ2v) is 8.65. The Morgan fingerprint density at radius 3 is 2.10 bits per heavy atom. The number of aryl methyl sites for hydroxylation is 1. The summed E-state index contributed by atoms with van der Waals surface area (Å²) in [7, 11) is -6.66. The molecule has 0 fully saturated rings. The molecular weight excluding hydrogens is 300 g/mol. The lowest BCUT2D eigenvalue weighted by Gasteiger charge is -2.06. The van der Waals surface area contributed by atoms with E-state index in [1.54, 1.807) is 12.1 Å². The maximum atomic E-state index is 11.8. The number of benzene rings is 1. The fourth-order valence-corrected chi connectivity index (χ4v) is 3.26. The molecule has 20 heavy (non-hydrogen) atoms. The smallest absolute Gasteiger partial charge is 0.266 e. The summed E-state index contributed by atoms with van der Waals surface area (Å²) in [4.78, 5) is 0.138. The van der Waals surface area contributed by atoms with E-state index in [2.05, 4.69) is 0 Å². The van der Waals surface area contributed by atoms with Crippen molar-refractivity contribution in [2.45, 2.75) is 31.1 Å². The van der Waals surface area contributed by atoms with Crippen LogP contribution in [0.25, 0.3) is 0 Å². The van der Waals surface area contributed by atoms with Crippen LogP contribution >= 0.6 is 0 Å². The van der Waals surface area contributed by atoms with Gasteiger partial charge in [-0.3, -0.25) is 4.18 Å². The number of hydrogen-bond acceptors (Lipinski definition) is 5. The van der Waals surface area contributed by atoms with Crippen molar-refractivity contribution in [3.05, 3.63) is 29.8 Å². The Balaban J connectivity index is 2.36. The van der Waals surface area contributed by atoms with Crippen LogP contribution in [0.15, 0.2) is 29.2 Å². The van der Waals surface area contributed by atoms with Crippen LogP contribution in [0.5, 0.6) is 0 Å². The average Bonchev–Trinajstić information content (AvgIpc) is 2.33. The van der Waals surface area contributed by atoms with Gasteiger partial charge >= 0.3 is 0 Å². The quantitative estimate of drug-likeness (QED) is 0.540. The van der Waals surface area contributed by atoms with Crippen molar-refractivity contribution in [1.29, 1.82) is 0 Å². The Morgan fingerprint density at radius 2 is 1.55 bits per heavy atom. The molecule has 114 valence electrons. The van der Waals surface area contributed by atoms with Crippen molar-refractivity contribution in [3.8, 4) is 0 Å². The summed E-state index contributed by atoms with van der Waals surface area (Å²) in [5, 5.41) is 0.